The van der Waals surface area contributed by atoms with Crippen molar-refractivity contribution in [2.45, 2.75) is 18.6 Å². The third kappa shape index (κ3) is 4.65. The van der Waals surface area contributed by atoms with Gasteiger partial charge < -0.3 is 5.11 Å². The Morgan fingerprint density at radius 1 is 0.972 bits per heavy atom. The molecule has 1 aromatic heterocycles. The van der Waals surface area contributed by atoms with Crippen LogP contribution in [-0.2, 0) is 6.18 Å². The maximum absolute atomic E-state index is 13.4. The van der Waals surface area contributed by atoms with Gasteiger partial charge in [0.2, 0.25) is 0 Å². The molecule has 0 saturated heterocycles. The smallest absolute Gasteiger partial charge is 0.418 e. The lowest BCUT2D eigenvalue weighted by Crippen LogP contribution is -2.19. The number of alkyl halides is 3. The number of nitrogens with zero attached hydrogens (tertiary/aromatic N) is 4. The number of aromatic hydroxyl groups is 1. The topological polar surface area (TPSA) is 93.4 Å². The number of para-hydroxylation sites is 1. The maximum Gasteiger partial charge on any atom is 0.418 e. The Labute approximate surface area is 206 Å². The maximum atomic E-state index is 13.4. The van der Waals surface area contributed by atoms with E-state index in [1.807, 2.05) is 30.3 Å². The van der Waals surface area contributed by atoms with Gasteiger partial charge in [-0.15, -0.1) is 10.2 Å². The first-order chi connectivity index (χ1) is 17.3. The van der Waals surface area contributed by atoms with Crippen LogP contribution in [0.1, 0.15) is 29.2 Å². The van der Waals surface area contributed by atoms with Gasteiger partial charge in [0.05, 0.1) is 23.0 Å². The summed E-state index contributed by atoms with van der Waals surface area (Å²) in [5.74, 6) is 0.231. The number of H-pyrrole nitrogens is 1. The first-order valence-electron chi connectivity index (χ1n) is 10.8. The highest BCUT2D eigenvalue weighted by Gasteiger charge is 2.35. The minimum absolute atomic E-state index is 0.0527. The van der Waals surface area contributed by atoms with Gasteiger partial charge in [0.1, 0.15) is 5.75 Å². The molecule has 0 spiro atoms. The van der Waals surface area contributed by atoms with Crippen LogP contribution in [0.3, 0.4) is 0 Å². The second-order valence-electron chi connectivity index (χ2n) is 7.92. The number of hydrogen-bond acceptors (Lipinski definition) is 7. The number of benzene rings is 3. The molecule has 2 N–H and O–H groups in total. The zero-order valence-electron chi connectivity index (χ0n) is 18.5. The van der Waals surface area contributed by atoms with Crippen LogP contribution in [0, 0.1) is 0 Å². The third-order valence-electron chi connectivity index (χ3n) is 5.61. The second kappa shape index (κ2) is 9.42. The van der Waals surface area contributed by atoms with Crippen LogP contribution in [0.2, 0.25) is 0 Å². The zero-order chi connectivity index (χ0) is 25.3. The number of hydrogen-bond donors (Lipinski definition) is 2. The first-order valence-corrected chi connectivity index (χ1v) is 11.6. The van der Waals surface area contributed by atoms with Crippen LogP contribution < -0.4 is 9.88 Å². The molecule has 0 saturated carbocycles. The van der Waals surface area contributed by atoms with Gasteiger partial charge in [0.15, 0.2) is 10.8 Å². The van der Waals surface area contributed by atoms with Crippen molar-refractivity contribution >= 4 is 33.6 Å². The van der Waals surface area contributed by atoms with Gasteiger partial charge in [-0.05, 0) is 23.8 Å². The lowest BCUT2D eigenvalue weighted by Gasteiger charge is -2.23. The number of phenols is 1. The van der Waals surface area contributed by atoms with Crippen molar-refractivity contribution in [3.05, 3.63) is 105 Å². The van der Waals surface area contributed by atoms with E-state index in [1.165, 1.54) is 23.2 Å². The van der Waals surface area contributed by atoms with Crippen molar-refractivity contribution in [1.29, 1.82) is 0 Å². The van der Waals surface area contributed by atoms with E-state index in [0.717, 1.165) is 11.6 Å². The Bertz CT molecular complexity index is 1510. The number of thiazole rings is 1. The number of hydrazone groups is 1. The molecule has 182 valence electrons. The van der Waals surface area contributed by atoms with E-state index in [4.69, 9.17) is 5.10 Å². The summed E-state index contributed by atoms with van der Waals surface area (Å²) in [4.78, 5) is 14.5. The molecular formula is C25H18F3N5O2S. The summed E-state index contributed by atoms with van der Waals surface area (Å²) in [5, 5.41) is 24.6. The van der Waals surface area contributed by atoms with Crippen LogP contribution in [0.5, 0.6) is 5.75 Å². The fourth-order valence-corrected chi connectivity index (χ4v) is 4.61. The molecule has 0 radical (unpaired) electrons. The average molecular weight is 510 g/mol. The van der Waals surface area contributed by atoms with Gasteiger partial charge >= 0.3 is 11.0 Å². The average Bonchev–Trinajstić information content (AvgIpc) is 3.46. The number of aromatic nitrogens is 1. The summed E-state index contributed by atoms with van der Waals surface area (Å²) >= 11 is 0.706. The number of aromatic amines is 1. The molecule has 2 heterocycles. The Morgan fingerprint density at radius 2 is 1.67 bits per heavy atom. The summed E-state index contributed by atoms with van der Waals surface area (Å²) in [5.41, 5.74) is 0.839. The molecule has 11 heteroatoms. The number of rotatable bonds is 5. The Balaban J connectivity index is 1.59. The van der Waals surface area contributed by atoms with E-state index < -0.39 is 22.7 Å². The van der Waals surface area contributed by atoms with Crippen molar-refractivity contribution in [2.24, 2.45) is 15.3 Å². The zero-order valence-corrected chi connectivity index (χ0v) is 19.3. The van der Waals surface area contributed by atoms with Crippen molar-refractivity contribution in [3.8, 4) is 5.75 Å². The molecule has 4 aromatic rings. The third-order valence-corrected chi connectivity index (χ3v) is 6.37. The van der Waals surface area contributed by atoms with Crippen LogP contribution in [0.25, 0.3) is 0 Å². The van der Waals surface area contributed by atoms with Crippen molar-refractivity contribution in [2.75, 3.05) is 5.01 Å². The predicted octanol–water partition coefficient (Wildman–Crippen LogP) is 6.93. The minimum atomic E-state index is -4.61. The highest BCUT2D eigenvalue weighted by molar-refractivity contribution is 7.13. The molecule has 5 rings (SSSR count). The Morgan fingerprint density at radius 3 is 2.42 bits per heavy atom. The minimum Gasteiger partial charge on any atom is -0.508 e. The summed E-state index contributed by atoms with van der Waals surface area (Å²) in [6.45, 7) is 0. The fraction of sp³-hybridized carbons (Fsp3) is 0.120. The number of phenolic OH excluding ortho intramolecular Hbond substituents is 1. The van der Waals surface area contributed by atoms with Gasteiger partial charge in [-0.3, -0.25) is 9.78 Å². The molecule has 1 aliphatic heterocycles. The van der Waals surface area contributed by atoms with Gasteiger partial charge in [-0.2, -0.15) is 18.3 Å². The number of anilines is 1. The molecule has 7 nitrogen and oxygen atoms in total. The van der Waals surface area contributed by atoms with Gasteiger partial charge in [0, 0.05) is 12.0 Å². The molecular weight excluding hydrogens is 491 g/mol. The molecule has 0 fully saturated rings. The van der Waals surface area contributed by atoms with Crippen molar-refractivity contribution in [3.63, 3.8) is 0 Å². The van der Waals surface area contributed by atoms with E-state index in [0.29, 0.717) is 29.0 Å². The van der Waals surface area contributed by atoms with E-state index in [-0.39, 0.29) is 22.3 Å². The highest BCUT2D eigenvalue weighted by atomic mass is 32.1. The monoisotopic (exact) mass is 509 g/mol. The molecule has 0 unspecified atom stereocenters. The molecule has 36 heavy (non-hydrogen) atoms. The predicted molar refractivity (Wildman–Crippen MR) is 131 cm³/mol. The summed E-state index contributed by atoms with van der Waals surface area (Å²) in [6.07, 6.45) is -4.20. The number of nitrogens with one attached hydrogen (secondary N) is 1. The molecule has 0 aliphatic carbocycles. The van der Waals surface area contributed by atoms with Gasteiger partial charge in [-0.1, -0.05) is 72.0 Å². The SMILES string of the molecule is O=c1[nH]c(N2N=C(c3ccccc3)C[C@H]2c2ccccc2O)c(N=Nc2ccccc2C(F)(F)F)s1. The van der Waals surface area contributed by atoms with Gasteiger partial charge in [0.25, 0.3) is 0 Å². The Hall–Kier alpha value is -4.25. The molecule has 0 bridgehead atoms. The fourth-order valence-electron chi connectivity index (χ4n) is 3.97. The van der Waals surface area contributed by atoms with Crippen LogP contribution in [0.4, 0.5) is 29.7 Å². The van der Waals surface area contributed by atoms with Crippen LogP contribution in [-0.4, -0.2) is 15.8 Å². The molecule has 1 aliphatic rings. The van der Waals surface area contributed by atoms with Gasteiger partial charge in [-0.25, -0.2) is 5.01 Å². The Kier molecular flexibility index (Phi) is 6.15. The van der Waals surface area contributed by atoms with Crippen molar-refractivity contribution in [1.82, 2.24) is 4.98 Å². The first kappa shape index (κ1) is 23.5. The molecule has 3 aromatic carbocycles. The standard InChI is InChI=1S/C25H18F3N5O2S/c26-25(27,28)17-11-5-6-12-18(17)30-31-23-22(29-24(35)36-23)33-20(16-10-4-7-13-21(16)34)14-19(32-33)15-8-2-1-3-9-15/h1-13,20,34H,14H2,(H,29,35)/t20-/m0/s1. The number of azo groups is 1. The number of halogens is 3. The quantitative estimate of drug-likeness (QED) is 0.286. The van der Waals surface area contributed by atoms with E-state index in [1.54, 1.807) is 24.3 Å². The summed E-state index contributed by atoms with van der Waals surface area (Å²) < 4.78 is 40.1. The lowest BCUT2D eigenvalue weighted by atomic mass is 9.98. The molecule has 1 atom stereocenters. The summed E-state index contributed by atoms with van der Waals surface area (Å²) in [6, 6.07) is 20.5. The lowest BCUT2D eigenvalue weighted by molar-refractivity contribution is -0.137. The second-order valence-corrected chi connectivity index (χ2v) is 8.88. The highest BCUT2D eigenvalue weighted by Crippen LogP contribution is 2.44. The van der Waals surface area contributed by atoms with E-state index >= 15 is 0 Å². The van der Waals surface area contributed by atoms with Crippen LogP contribution >= 0.6 is 11.3 Å². The molecule has 0 amide bonds. The van der Waals surface area contributed by atoms with Crippen LogP contribution in [0.15, 0.2) is 99.0 Å². The van der Waals surface area contributed by atoms with E-state index in [9.17, 15) is 23.1 Å². The largest absolute Gasteiger partial charge is 0.508 e. The normalized spacial score (nSPS) is 16.0. The summed E-state index contributed by atoms with van der Waals surface area (Å²) in [7, 11) is 0. The van der Waals surface area contributed by atoms with Crippen molar-refractivity contribution < 1.29 is 18.3 Å². The van der Waals surface area contributed by atoms with E-state index in [2.05, 4.69) is 15.2 Å².